The van der Waals surface area contributed by atoms with Crippen LogP contribution in [-0.4, -0.2) is 28.6 Å². The van der Waals surface area contributed by atoms with Crippen LogP contribution in [0.2, 0.25) is 0 Å². The van der Waals surface area contributed by atoms with E-state index in [0.29, 0.717) is 19.4 Å². The lowest BCUT2D eigenvalue weighted by Gasteiger charge is -2.09. The van der Waals surface area contributed by atoms with Crippen molar-refractivity contribution < 1.29 is 14.0 Å². The van der Waals surface area contributed by atoms with E-state index < -0.39 is 0 Å². The molecule has 0 radical (unpaired) electrons. The molecule has 0 atom stereocenters. The molecule has 2 N–H and O–H groups in total. The highest BCUT2D eigenvalue weighted by Gasteiger charge is 2.10. The fourth-order valence-corrected chi connectivity index (χ4v) is 3.64. The van der Waals surface area contributed by atoms with Crippen LogP contribution in [0.15, 0.2) is 61.8 Å². The van der Waals surface area contributed by atoms with Crippen molar-refractivity contribution in [2.45, 2.75) is 22.1 Å². The van der Waals surface area contributed by atoms with Gasteiger partial charge in [-0.3, -0.25) is 9.59 Å². The third kappa shape index (κ3) is 5.17. The summed E-state index contributed by atoms with van der Waals surface area (Å²) in [6.45, 7) is 0.397. The van der Waals surface area contributed by atoms with Gasteiger partial charge >= 0.3 is 0 Å². The van der Waals surface area contributed by atoms with Gasteiger partial charge < -0.3 is 15.1 Å². The molecule has 7 nitrogen and oxygen atoms in total. The number of rotatable bonds is 8. The summed E-state index contributed by atoms with van der Waals surface area (Å²) in [4.78, 5) is 24.8. The van der Waals surface area contributed by atoms with E-state index in [0.717, 1.165) is 14.9 Å². The van der Waals surface area contributed by atoms with E-state index in [2.05, 4.69) is 20.8 Å². The van der Waals surface area contributed by atoms with Gasteiger partial charge in [0.05, 0.1) is 12.0 Å². The Labute approximate surface area is 158 Å². The van der Waals surface area contributed by atoms with Crippen molar-refractivity contribution in [2.24, 2.45) is 0 Å². The first-order valence-corrected chi connectivity index (χ1v) is 9.56. The molecule has 2 amide bonds. The van der Waals surface area contributed by atoms with Crippen LogP contribution in [-0.2, 0) is 4.79 Å². The number of benzene rings is 1. The molecule has 0 aliphatic heterocycles. The van der Waals surface area contributed by atoms with Gasteiger partial charge in [0, 0.05) is 17.9 Å². The smallest absolute Gasteiger partial charge is 0.286 e. The maximum atomic E-state index is 12.2. The number of carbonyl (C=O) groups excluding carboxylic acids is 2. The summed E-state index contributed by atoms with van der Waals surface area (Å²) in [6, 6.07) is 10.8. The monoisotopic (exact) mass is 388 g/mol. The predicted octanol–water partition coefficient (Wildman–Crippen LogP) is 3.43. The molecule has 2 aromatic heterocycles. The SMILES string of the molecule is O=C(CCCNC(=O)c1ccco1)Nc1ccccc1Sc1nncs1. The maximum absolute atomic E-state index is 12.2. The molecule has 0 aliphatic carbocycles. The quantitative estimate of drug-likeness (QED) is 0.574. The summed E-state index contributed by atoms with van der Waals surface area (Å²) in [5, 5.41) is 13.4. The van der Waals surface area contributed by atoms with Gasteiger partial charge in [-0.15, -0.1) is 10.2 Å². The zero-order valence-corrected chi connectivity index (χ0v) is 15.3. The van der Waals surface area contributed by atoms with Crippen LogP contribution in [0.1, 0.15) is 23.4 Å². The first kappa shape index (κ1) is 18.2. The van der Waals surface area contributed by atoms with Crippen LogP contribution in [0.4, 0.5) is 5.69 Å². The van der Waals surface area contributed by atoms with Gasteiger partial charge in [-0.2, -0.15) is 0 Å². The Morgan fingerprint density at radius 1 is 1.19 bits per heavy atom. The van der Waals surface area contributed by atoms with Crippen LogP contribution in [0.3, 0.4) is 0 Å². The van der Waals surface area contributed by atoms with Crippen LogP contribution < -0.4 is 10.6 Å². The zero-order valence-electron chi connectivity index (χ0n) is 13.7. The van der Waals surface area contributed by atoms with Crippen molar-refractivity contribution in [3.63, 3.8) is 0 Å². The number of carbonyl (C=O) groups is 2. The lowest BCUT2D eigenvalue weighted by molar-refractivity contribution is -0.116. The molecule has 0 saturated heterocycles. The van der Waals surface area contributed by atoms with Crippen molar-refractivity contribution in [1.29, 1.82) is 0 Å². The molecule has 3 aromatic rings. The molecule has 0 spiro atoms. The first-order chi connectivity index (χ1) is 12.7. The fourth-order valence-electron chi connectivity index (χ4n) is 2.12. The minimum absolute atomic E-state index is 0.109. The number of hydrogen-bond acceptors (Lipinski definition) is 7. The Balaban J connectivity index is 1.45. The fraction of sp³-hybridized carbons (Fsp3) is 0.176. The van der Waals surface area contributed by atoms with Crippen LogP contribution in [0, 0.1) is 0 Å². The minimum Gasteiger partial charge on any atom is -0.459 e. The number of amides is 2. The normalized spacial score (nSPS) is 10.5. The summed E-state index contributed by atoms with van der Waals surface area (Å²) in [7, 11) is 0. The number of aromatic nitrogens is 2. The van der Waals surface area contributed by atoms with Gasteiger partial charge in [0.1, 0.15) is 5.51 Å². The average Bonchev–Trinajstić information content (AvgIpc) is 3.34. The summed E-state index contributed by atoms with van der Waals surface area (Å²) in [6.07, 6.45) is 2.28. The second kappa shape index (κ2) is 9.16. The van der Waals surface area contributed by atoms with Gasteiger partial charge in [-0.1, -0.05) is 35.2 Å². The van der Waals surface area contributed by atoms with Gasteiger partial charge in [-0.25, -0.2) is 0 Å². The zero-order chi connectivity index (χ0) is 18.2. The number of hydrogen-bond donors (Lipinski definition) is 2. The van der Waals surface area contributed by atoms with E-state index in [1.165, 1.54) is 29.4 Å². The van der Waals surface area contributed by atoms with Gasteiger partial charge in [0.25, 0.3) is 5.91 Å². The molecule has 134 valence electrons. The van der Waals surface area contributed by atoms with E-state index >= 15 is 0 Å². The molecular weight excluding hydrogens is 372 g/mol. The molecule has 3 rings (SSSR count). The van der Waals surface area contributed by atoms with Gasteiger partial charge in [-0.05, 0) is 30.7 Å². The van der Waals surface area contributed by atoms with Crippen molar-refractivity contribution in [1.82, 2.24) is 15.5 Å². The number of para-hydroxylation sites is 1. The molecule has 26 heavy (non-hydrogen) atoms. The van der Waals surface area contributed by atoms with E-state index in [1.807, 2.05) is 24.3 Å². The molecule has 9 heteroatoms. The lowest BCUT2D eigenvalue weighted by Crippen LogP contribution is -2.25. The van der Waals surface area contributed by atoms with Crippen molar-refractivity contribution in [3.05, 3.63) is 53.9 Å². The highest BCUT2D eigenvalue weighted by atomic mass is 32.2. The average molecular weight is 388 g/mol. The van der Waals surface area contributed by atoms with E-state index in [4.69, 9.17) is 4.42 Å². The van der Waals surface area contributed by atoms with E-state index in [1.54, 1.807) is 17.6 Å². The van der Waals surface area contributed by atoms with E-state index in [-0.39, 0.29) is 17.6 Å². The van der Waals surface area contributed by atoms with E-state index in [9.17, 15) is 9.59 Å². The highest BCUT2D eigenvalue weighted by Crippen LogP contribution is 2.33. The first-order valence-electron chi connectivity index (χ1n) is 7.87. The topological polar surface area (TPSA) is 97.1 Å². The molecule has 1 aromatic carbocycles. The third-order valence-electron chi connectivity index (χ3n) is 3.31. The van der Waals surface area contributed by atoms with Crippen molar-refractivity contribution in [2.75, 3.05) is 11.9 Å². The Morgan fingerprint density at radius 3 is 2.85 bits per heavy atom. The molecule has 0 fully saturated rings. The Morgan fingerprint density at radius 2 is 2.08 bits per heavy atom. The number of furan rings is 1. The number of nitrogens with one attached hydrogen (secondary N) is 2. The maximum Gasteiger partial charge on any atom is 0.286 e. The van der Waals surface area contributed by atoms with Crippen molar-refractivity contribution >= 4 is 40.6 Å². The number of nitrogens with zero attached hydrogens (tertiary/aromatic N) is 2. The number of anilines is 1. The Hall–Kier alpha value is -2.65. The molecule has 0 saturated carbocycles. The second-order valence-electron chi connectivity index (χ2n) is 5.19. The largest absolute Gasteiger partial charge is 0.459 e. The summed E-state index contributed by atoms with van der Waals surface area (Å²) < 4.78 is 5.82. The Kier molecular flexibility index (Phi) is 6.39. The molecule has 0 unspecified atom stereocenters. The molecular formula is C17H16N4O3S2. The van der Waals surface area contributed by atoms with Gasteiger partial charge in [0.2, 0.25) is 5.91 Å². The minimum atomic E-state index is -0.283. The summed E-state index contributed by atoms with van der Waals surface area (Å²) in [5.74, 6) is -0.131. The highest BCUT2D eigenvalue weighted by molar-refractivity contribution is 8.01. The molecule has 2 heterocycles. The van der Waals surface area contributed by atoms with Gasteiger partial charge in [0.15, 0.2) is 10.1 Å². The lowest BCUT2D eigenvalue weighted by atomic mass is 10.2. The van der Waals surface area contributed by atoms with Crippen LogP contribution in [0.5, 0.6) is 0 Å². The van der Waals surface area contributed by atoms with Crippen LogP contribution in [0.25, 0.3) is 0 Å². The predicted molar refractivity (Wildman–Crippen MR) is 99.4 cm³/mol. The van der Waals surface area contributed by atoms with Crippen molar-refractivity contribution in [3.8, 4) is 0 Å². The molecule has 0 bridgehead atoms. The third-order valence-corrected chi connectivity index (χ3v) is 5.16. The second-order valence-corrected chi connectivity index (χ2v) is 7.31. The van der Waals surface area contributed by atoms with Crippen LogP contribution >= 0.6 is 23.1 Å². The summed E-state index contributed by atoms with van der Waals surface area (Å²) in [5.41, 5.74) is 2.40. The molecule has 0 aliphatic rings. The Bertz CT molecular complexity index is 851. The summed E-state index contributed by atoms with van der Waals surface area (Å²) >= 11 is 2.90. The standard InChI is InChI=1S/C17H16N4O3S2/c22-15(8-3-9-18-16(23)13-6-4-10-24-13)20-12-5-1-2-7-14(12)26-17-21-19-11-25-17/h1-2,4-7,10-11H,3,8-9H2,(H,18,23)(H,20,22).